The maximum Gasteiger partial charge on any atom is 0.410 e. The van der Waals surface area contributed by atoms with Gasteiger partial charge in [0.25, 0.3) is 6.43 Å². The van der Waals surface area contributed by atoms with Crippen molar-refractivity contribution in [2.24, 2.45) is 4.99 Å². The summed E-state index contributed by atoms with van der Waals surface area (Å²) in [5.74, 6) is 1.17. The molecular formula is C29H33F3N6O2. The zero-order valence-corrected chi connectivity index (χ0v) is 23.3. The Bertz CT molecular complexity index is 1530. The first-order valence-electron chi connectivity index (χ1n) is 13.4. The molecule has 5 rings (SSSR count). The largest absolute Gasteiger partial charge is 0.444 e. The number of nitrogens with zero attached hydrogens (tertiary/aromatic N) is 5. The summed E-state index contributed by atoms with van der Waals surface area (Å²) in [6, 6.07) is 5.19. The number of amides is 1. The lowest BCUT2D eigenvalue weighted by atomic mass is 9.97. The molecule has 4 aliphatic rings. The molecule has 8 nitrogen and oxygen atoms in total. The maximum atomic E-state index is 14.9. The average Bonchev–Trinajstić information content (AvgIpc) is 3.38. The van der Waals surface area contributed by atoms with Crippen LogP contribution in [-0.4, -0.2) is 50.8 Å². The molecular weight excluding hydrogens is 521 g/mol. The van der Waals surface area contributed by atoms with Crippen LogP contribution in [0, 0.1) is 12.7 Å². The number of ether oxygens (including phenoxy) is 1. The van der Waals surface area contributed by atoms with Crippen LogP contribution >= 0.6 is 0 Å². The van der Waals surface area contributed by atoms with Crippen LogP contribution in [0.15, 0.2) is 35.3 Å². The Balaban J connectivity index is 1.57. The topological polar surface area (TPSA) is 84.6 Å². The minimum absolute atomic E-state index is 0.0788. The van der Waals surface area contributed by atoms with Gasteiger partial charge in [-0.1, -0.05) is 24.3 Å². The summed E-state index contributed by atoms with van der Waals surface area (Å²) in [5, 5.41) is 3.46. The summed E-state index contributed by atoms with van der Waals surface area (Å²) in [5.41, 5.74) is 1.93. The van der Waals surface area contributed by atoms with Crippen molar-refractivity contribution in [2.45, 2.75) is 65.7 Å². The standard InChI is InChI=1S/C29H33F3N6O2/c1-16(19-7-6-8-20(23(19)30)24(31)32)34-25-22-15-21(26-33-11-14-38(26)27(22)36-17(2)35-25)18-9-12-37(13-10-18)28(39)40-29(3,4)5/h6-9,15-16,24,33H,10-14H2,1-5H3/t16-/m1/s1. The minimum atomic E-state index is -2.92. The van der Waals surface area contributed by atoms with Gasteiger partial charge in [0.15, 0.2) is 5.49 Å². The van der Waals surface area contributed by atoms with Gasteiger partial charge in [0, 0.05) is 37.3 Å². The molecule has 4 heterocycles. The van der Waals surface area contributed by atoms with Gasteiger partial charge < -0.3 is 19.5 Å². The lowest BCUT2D eigenvalue weighted by molar-refractivity contribution is 0.0270. The van der Waals surface area contributed by atoms with E-state index < -0.39 is 29.4 Å². The van der Waals surface area contributed by atoms with Crippen LogP contribution in [0.3, 0.4) is 0 Å². The highest BCUT2D eigenvalue weighted by molar-refractivity contribution is 5.81. The first-order chi connectivity index (χ1) is 18.9. The highest BCUT2D eigenvalue weighted by Gasteiger charge is 2.28. The number of pyridine rings is 1. The summed E-state index contributed by atoms with van der Waals surface area (Å²) in [6.07, 6.45) is -0.616. The van der Waals surface area contributed by atoms with Crippen molar-refractivity contribution in [3.63, 3.8) is 0 Å². The summed E-state index contributed by atoms with van der Waals surface area (Å²) >= 11 is 0. The molecule has 1 atom stereocenters. The number of benzene rings is 1. The van der Waals surface area contributed by atoms with Gasteiger partial charge in [0.1, 0.15) is 28.9 Å². The number of fused-ring (bicyclic) bond motifs is 3. The Morgan fingerprint density at radius 3 is 2.58 bits per heavy atom. The quantitative estimate of drug-likeness (QED) is 0.436. The van der Waals surface area contributed by atoms with Gasteiger partial charge in [0.2, 0.25) is 0 Å². The van der Waals surface area contributed by atoms with E-state index in [4.69, 9.17) is 9.73 Å². The van der Waals surface area contributed by atoms with Gasteiger partial charge >= 0.3 is 6.09 Å². The molecule has 0 bridgehead atoms. The van der Waals surface area contributed by atoms with Crippen LogP contribution < -0.4 is 10.8 Å². The van der Waals surface area contributed by atoms with Gasteiger partial charge in [-0.05, 0) is 52.7 Å². The Morgan fingerprint density at radius 2 is 1.90 bits per heavy atom. The van der Waals surface area contributed by atoms with Crippen molar-refractivity contribution in [1.82, 2.24) is 19.4 Å². The third kappa shape index (κ3) is 5.41. The molecule has 0 aromatic heterocycles. The highest BCUT2D eigenvalue weighted by Crippen LogP contribution is 2.36. The lowest BCUT2D eigenvalue weighted by Crippen LogP contribution is -2.39. The number of hydrogen-bond donors (Lipinski definition) is 1. The van der Waals surface area contributed by atoms with Crippen LogP contribution in [0.2, 0.25) is 0 Å². The Kier molecular flexibility index (Phi) is 7.32. The number of carbonyl (C=O) groups excluding carboxylic acids is 1. The van der Waals surface area contributed by atoms with E-state index in [1.807, 2.05) is 32.9 Å². The average molecular weight is 555 g/mol. The van der Waals surface area contributed by atoms with Gasteiger partial charge in [-0.25, -0.2) is 27.9 Å². The number of carbonyl (C=O) groups is 1. The molecule has 0 saturated carbocycles. The van der Waals surface area contributed by atoms with Crippen LogP contribution in [0.25, 0.3) is 17.0 Å². The zero-order chi connectivity index (χ0) is 28.8. The molecule has 0 spiro atoms. The number of aromatic nitrogens is 3. The maximum absolute atomic E-state index is 14.9. The molecule has 1 amide bonds. The normalized spacial score (nSPS) is 16.7. The smallest absolute Gasteiger partial charge is 0.410 e. The number of alkyl halides is 2. The second-order valence-corrected chi connectivity index (χ2v) is 11.1. The van der Waals surface area contributed by atoms with E-state index in [-0.39, 0.29) is 11.7 Å². The Hall–Kier alpha value is -3.89. The molecule has 0 aliphatic carbocycles. The highest BCUT2D eigenvalue weighted by atomic mass is 19.3. The predicted octanol–water partition coefficient (Wildman–Crippen LogP) is 5.88. The molecule has 0 unspecified atom stereocenters. The Morgan fingerprint density at radius 1 is 1.15 bits per heavy atom. The van der Waals surface area contributed by atoms with Crippen molar-refractivity contribution in [3.8, 4) is 11.4 Å². The molecule has 40 heavy (non-hydrogen) atoms. The van der Waals surface area contributed by atoms with Gasteiger partial charge in [-0.2, -0.15) is 0 Å². The first-order valence-corrected chi connectivity index (χ1v) is 13.4. The molecule has 1 aromatic carbocycles. The molecule has 212 valence electrons. The number of hydrogen-bond acceptors (Lipinski definition) is 6. The molecule has 0 saturated heterocycles. The van der Waals surface area contributed by atoms with E-state index in [1.54, 1.807) is 18.7 Å². The van der Waals surface area contributed by atoms with Crippen molar-refractivity contribution in [2.75, 3.05) is 25.0 Å². The van der Waals surface area contributed by atoms with Crippen LogP contribution in [0.1, 0.15) is 69.1 Å². The zero-order valence-electron chi connectivity index (χ0n) is 23.3. The molecule has 11 heteroatoms. The number of nitrogens with one attached hydrogen (secondary N) is 1. The number of aryl methyl sites for hydroxylation is 1. The number of halogens is 3. The summed E-state index contributed by atoms with van der Waals surface area (Å²) in [6.45, 7) is 11.3. The van der Waals surface area contributed by atoms with Gasteiger partial charge in [-0.3, -0.25) is 4.99 Å². The van der Waals surface area contributed by atoms with Crippen LogP contribution in [-0.2, 0) is 11.3 Å². The SMILES string of the molecule is Cc1nc2n3c(c(C4=CCN(C(=O)OC(C)(C)C)CC4)cc-2c(=N[C@H](C)c2cccc(C(F)F)c2F)n1)NCC3. The number of rotatable bonds is 4. The van der Waals surface area contributed by atoms with E-state index in [9.17, 15) is 18.0 Å². The van der Waals surface area contributed by atoms with Gasteiger partial charge in [-0.15, -0.1) is 0 Å². The van der Waals surface area contributed by atoms with Crippen LogP contribution in [0.4, 0.5) is 23.8 Å². The van der Waals surface area contributed by atoms with E-state index in [1.165, 1.54) is 12.1 Å². The van der Waals surface area contributed by atoms with Crippen molar-refractivity contribution >= 4 is 17.5 Å². The molecule has 0 fully saturated rings. The molecule has 1 aromatic rings. The van der Waals surface area contributed by atoms with Crippen molar-refractivity contribution in [3.05, 3.63) is 64.2 Å². The minimum Gasteiger partial charge on any atom is -0.444 e. The van der Waals surface area contributed by atoms with E-state index in [0.29, 0.717) is 48.8 Å². The van der Waals surface area contributed by atoms with E-state index >= 15 is 0 Å². The Labute approximate surface area is 231 Å². The van der Waals surface area contributed by atoms with Crippen LogP contribution in [0.5, 0.6) is 0 Å². The first kappa shape index (κ1) is 27.7. The third-order valence-electron chi connectivity index (χ3n) is 6.98. The van der Waals surface area contributed by atoms with Gasteiger partial charge in [0.05, 0.1) is 17.2 Å². The summed E-state index contributed by atoms with van der Waals surface area (Å²) in [4.78, 5) is 28.2. The molecule has 1 N–H and O–H groups in total. The monoisotopic (exact) mass is 554 g/mol. The predicted molar refractivity (Wildman–Crippen MR) is 146 cm³/mol. The third-order valence-corrected chi connectivity index (χ3v) is 6.98. The lowest BCUT2D eigenvalue weighted by Gasteiger charge is -2.30. The van der Waals surface area contributed by atoms with E-state index in [2.05, 4.69) is 19.9 Å². The van der Waals surface area contributed by atoms with Crippen molar-refractivity contribution < 1.29 is 22.7 Å². The molecule has 4 aliphatic heterocycles. The number of anilines is 1. The molecule has 0 radical (unpaired) electrons. The van der Waals surface area contributed by atoms with E-state index in [0.717, 1.165) is 29.6 Å². The second-order valence-electron chi connectivity index (χ2n) is 11.1. The van der Waals surface area contributed by atoms with Crippen molar-refractivity contribution in [1.29, 1.82) is 0 Å². The summed E-state index contributed by atoms with van der Waals surface area (Å²) < 4.78 is 49.1. The summed E-state index contributed by atoms with van der Waals surface area (Å²) in [7, 11) is 0. The fraction of sp³-hybridized carbons (Fsp3) is 0.448. The second kappa shape index (κ2) is 10.6. The fourth-order valence-electron chi connectivity index (χ4n) is 5.11. The fourth-order valence-corrected chi connectivity index (χ4v) is 5.11.